The highest BCUT2D eigenvalue weighted by atomic mass is 16.5. The molecule has 0 N–H and O–H groups in total. The summed E-state index contributed by atoms with van der Waals surface area (Å²) in [7, 11) is 0. The second-order valence-corrected chi connectivity index (χ2v) is 4.93. The van der Waals surface area contributed by atoms with E-state index in [4.69, 9.17) is 9.47 Å². The van der Waals surface area contributed by atoms with Crippen molar-refractivity contribution in [1.29, 1.82) is 0 Å². The highest BCUT2D eigenvalue weighted by molar-refractivity contribution is 6.20. The lowest BCUT2D eigenvalue weighted by molar-refractivity contribution is -0.139. The maximum absolute atomic E-state index is 12.2. The SMILES string of the molecule is CCCCOC(=O)/C=C(/C(=O)OCCCC)c1ccccc1. The van der Waals surface area contributed by atoms with E-state index in [1.54, 1.807) is 12.1 Å². The fraction of sp³-hybridized carbons (Fsp3) is 0.444. The molecule has 120 valence electrons. The molecule has 0 saturated heterocycles. The molecule has 1 rings (SSSR count). The zero-order valence-corrected chi connectivity index (χ0v) is 13.3. The average Bonchev–Trinajstić information content (AvgIpc) is 2.54. The van der Waals surface area contributed by atoms with Gasteiger partial charge in [0.25, 0.3) is 0 Å². The molecule has 0 radical (unpaired) electrons. The number of rotatable bonds is 9. The molecule has 0 amide bonds. The largest absolute Gasteiger partial charge is 0.463 e. The molecule has 0 aliphatic heterocycles. The van der Waals surface area contributed by atoms with Crippen molar-refractivity contribution in [1.82, 2.24) is 0 Å². The Morgan fingerprint density at radius 2 is 1.55 bits per heavy atom. The third-order valence-corrected chi connectivity index (χ3v) is 3.04. The molecule has 0 aliphatic carbocycles. The van der Waals surface area contributed by atoms with Crippen molar-refractivity contribution in [2.75, 3.05) is 13.2 Å². The minimum Gasteiger partial charge on any atom is -0.463 e. The van der Waals surface area contributed by atoms with Crippen LogP contribution in [0, 0.1) is 0 Å². The van der Waals surface area contributed by atoms with E-state index in [2.05, 4.69) is 0 Å². The number of unbranched alkanes of at least 4 members (excludes halogenated alkanes) is 2. The number of carbonyl (C=O) groups is 2. The van der Waals surface area contributed by atoms with E-state index in [1.807, 2.05) is 32.0 Å². The molecule has 4 nitrogen and oxygen atoms in total. The molecular weight excluding hydrogens is 280 g/mol. The number of carbonyl (C=O) groups excluding carboxylic acids is 2. The van der Waals surface area contributed by atoms with Gasteiger partial charge in [0.2, 0.25) is 0 Å². The van der Waals surface area contributed by atoms with Crippen molar-refractivity contribution in [3.63, 3.8) is 0 Å². The van der Waals surface area contributed by atoms with E-state index < -0.39 is 11.9 Å². The Morgan fingerprint density at radius 1 is 0.955 bits per heavy atom. The zero-order valence-electron chi connectivity index (χ0n) is 13.3. The molecule has 22 heavy (non-hydrogen) atoms. The molecule has 0 bridgehead atoms. The first kappa shape index (κ1) is 18.0. The minimum absolute atomic E-state index is 0.234. The minimum atomic E-state index is -0.514. The van der Waals surface area contributed by atoms with Gasteiger partial charge >= 0.3 is 11.9 Å². The summed E-state index contributed by atoms with van der Waals surface area (Å²) < 4.78 is 10.3. The fourth-order valence-corrected chi connectivity index (χ4v) is 1.74. The first-order valence-corrected chi connectivity index (χ1v) is 7.80. The molecule has 4 heteroatoms. The van der Waals surface area contributed by atoms with Crippen molar-refractivity contribution < 1.29 is 19.1 Å². The second kappa shape index (κ2) is 10.6. The van der Waals surface area contributed by atoms with Gasteiger partial charge in [-0.25, -0.2) is 9.59 Å². The van der Waals surface area contributed by atoms with Crippen LogP contribution in [-0.2, 0) is 19.1 Å². The van der Waals surface area contributed by atoms with Gasteiger partial charge in [-0.15, -0.1) is 0 Å². The van der Waals surface area contributed by atoms with Crippen LogP contribution in [0.4, 0.5) is 0 Å². The van der Waals surface area contributed by atoms with Gasteiger partial charge in [0.15, 0.2) is 0 Å². The van der Waals surface area contributed by atoms with E-state index in [9.17, 15) is 9.59 Å². The molecule has 0 saturated carbocycles. The molecule has 1 aromatic rings. The summed E-state index contributed by atoms with van der Waals surface area (Å²) in [6.45, 7) is 4.75. The van der Waals surface area contributed by atoms with Crippen LogP contribution in [0.1, 0.15) is 45.1 Å². The molecule has 0 heterocycles. The van der Waals surface area contributed by atoms with Crippen molar-refractivity contribution in [3.05, 3.63) is 42.0 Å². The number of benzene rings is 1. The third-order valence-electron chi connectivity index (χ3n) is 3.04. The van der Waals surface area contributed by atoms with Crippen LogP contribution < -0.4 is 0 Å². The maximum Gasteiger partial charge on any atom is 0.339 e. The van der Waals surface area contributed by atoms with Crippen LogP contribution in [-0.4, -0.2) is 25.2 Å². The Kier molecular flexibility index (Phi) is 8.65. The van der Waals surface area contributed by atoms with E-state index in [0.29, 0.717) is 18.8 Å². The molecule has 0 atom stereocenters. The predicted octanol–water partition coefficient (Wildman–Crippen LogP) is 3.76. The summed E-state index contributed by atoms with van der Waals surface area (Å²) in [4.78, 5) is 24.0. The fourth-order valence-electron chi connectivity index (χ4n) is 1.74. The van der Waals surface area contributed by atoms with E-state index >= 15 is 0 Å². The number of hydrogen-bond acceptors (Lipinski definition) is 4. The van der Waals surface area contributed by atoms with Crippen LogP contribution >= 0.6 is 0 Å². The first-order chi connectivity index (χ1) is 10.7. The quantitative estimate of drug-likeness (QED) is 0.396. The van der Waals surface area contributed by atoms with Gasteiger partial charge in [-0.3, -0.25) is 0 Å². The summed E-state index contributed by atoms with van der Waals surface area (Å²) in [6.07, 6.45) is 4.72. The highest BCUT2D eigenvalue weighted by Gasteiger charge is 2.15. The van der Waals surface area contributed by atoms with E-state index in [-0.39, 0.29) is 5.57 Å². The van der Waals surface area contributed by atoms with Crippen molar-refractivity contribution in [3.8, 4) is 0 Å². The molecule has 0 fully saturated rings. The van der Waals surface area contributed by atoms with Gasteiger partial charge in [-0.2, -0.15) is 0 Å². The summed E-state index contributed by atoms with van der Waals surface area (Å²) in [5.74, 6) is -1.01. The van der Waals surface area contributed by atoms with Gasteiger partial charge in [-0.05, 0) is 18.4 Å². The lowest BCUT2D eigenvalue weighted by Gasteiger charge is -2.08. The monoisotopic (exact) mass is 304 g/mol. The summed E-state index contributed by atoms with van der Waals surface area (Å²) in [5.41, 5.74) is 0.884. The Balaban J connectivity index is 2.82. The number of esters is 2. The van der Waals surface area contributed by atoms with Gasteiger partial charge < -0.3 is 9.47 Å². The number of ether oxygens (including phenoxy) is 2. The van der Waals surface area contributed by atoms with Gasteiger partial charge in [-0.1, -0.05) is 57.0 Å². The standard InChI is InChI=1S/C18H24O4/c1-3-5-12-21-17(19)14-16(15-10-8-7-9-11-15)18(20)22-13-6-4-2/h7-11,14H,3-6,12-13H2,1-2H3/b16-14+. The van der Waals surface area contributed by atoms with Crippen LogP contribution in [0.5, 0.6) is 0 Å². The number of hydrogen-bond donors (Lipinski definition) is 0. The molecule has 0 aromatic heterocycles. The maximum atomic E-state index is 12.2. The Morgan fingerprint density at radius 3 is 2.14 bits per heavy atom. The molecule has 0 aliphatic rings. The average molecular weight is 304 g/mol. The van der Waals surface area contributed by atoms with Crippen LogP contribution in [0.15, 0.2) is 36.4 Å². The van der Waals surface area contributed by atoms with Crippen LogP contribution in [0.25, 0.3) is 5.57 Å². The van der Waals surface area contributed by atoms with Crippen molar-refractivity contribution >= 4 is 17.5 Å². The predicted molar refractivity (Wildman–Crippen MR) is 86.2 cm³/mol. The van der Waals surface area contributed by atoms with Gasteiger partial charge in [0.1, 0.15) is 0 Å². The van der Waals surface area contributed by atoms with E-state index in [0.717, 1.165) is 25.7 Å². The zero-order chi connectivity index (χ0) is 16.2. The summed E-state index contributed by atoms with van der Waals surface area (Å²) >= 11 is 0. The normalized spacial score (nSPS) is 11.1. The molecular formula is C18H24O4. The molecule has 0 spiro atoms. The Hall–Kier alpha value is -2.10. The first-order valence-electron chi connectivity index (χ1n) is 7.80. The molecule has 0 unspecified atom stereocenters. The van der Waals surface area contributed by atoms with Crippen LogP contribution in [0.2, 0.25) is 0 Å². The van der Waals surface area contributed by atoms with Crippen molar-refractivity contribution in [2.45, 2.75) is 39.5 Å². The summed E-state index contributed by atoms with van der Waals surface area (Å²) in [5, 5.41) is 0. The van der Waals surface area contributed by atoms with Gasteiger partial charge in [0, 0.05) is 6.08 Å². The topological polar surface area (TPSA) is 52.6 Å². The lowest BCUT2D eigenvalue weighted by Crippen LogP contribution is -2.11. The second-order valence-electron chi connectivity index (χ2n) is 4.93. The smallest absolute Gasteiger partial charge is 0.339 e. The Labute approximate surface area is 132 Å². The van der Waals surface area contributed by atoms with Crippen LogP contribution in [0.3, 0.4) is 0 Å². The molecule has 1 aromatic carbocycles. The highest BCUT2D eigenvalue weighted by Crippen LogP contribution is 2.16. The van der Waals surface area contributed by atoms with E-state index in [1.165, 1.54) is 6.08 Å². The van der Waals surface area contributed by atoms with Crippen molar-refractivity contribution in [2.24, 2.45) is 0 Å². The Bertz CT molecular complexity index is 491. The summed E-state index contributed by atoms with van der Waals surface area (Å²) in [6, 6.07) is 9.01. The van der Waals surface area contributed by atoms with Gasteiger partial charge in [0.05, 0.1) is 18.8 Å². The third kappa shape index (κ3) is 6.57. The lowest BCUT2D eigenvalue weighted by atomic mass is 10.1.